The standard InChI is InChI=1S/C22H24O5/c1-3-13-24-14-15-25-20-9-5-18(6-10-20)19-7-11-21(12-8-19)26-16-17-27-22(23)4-2/h3-13H,2,14-17H2,1H3. The second-order valence-corrected chi connectivity index (χ2v) is 5.46. The van der Waals surface area contributed by atoms with E-state index in [4.69, 9.17) is 18.9 Å². The molecule has 0 bridgehead atoms. The van der Waals surface area contributed by atoms with Gasteiger partial charge in [0.05, 0.1) is 6.26 Å². The number of benzene rings is 2. The van der Waals surface area contributed by atoms with Gasteiger partial charge in [0, 0.05) is 6.08 Å². The molecule has 142 valence electrons. The van der Waals surface area contributed by atoms with Crippen molar-refractivity contribution in [2.24, 2.45) is 0 Å². The van der Waals surface area contributed by atoms with Crippen LogP contribution in [0.25, 0.3) is 11.1 Å². The van der Waals surface area contributed by atoms with Crippen LogP contribution in [0.3, 0.4) is 0 Å². The molecule has 2 aromatic carbocycles. The summed E-state index contributed by atoms with van der Waals surface area (Å²) in [6.45, 7) is 6.73. The minimum atomic E-state index is -0.452. The molecule has 0 heterocycles. The number of ether oxygens (including phenoxy) is 4. The number of esters is 1. The Hall–Kier alpha value is -3.21. The SMILES string of the molecule is C=CC(=O)OCCOc1ccc(-c2ccc(OCCOC=CC)cc2)cc1. The van der Waals surface area contributed by atoms with Gasteiger partial charge in [0.15, 0.2) is 0 Å². The Morgan fingerprint density at radius 1 is 0.852 bits per heavy atom. The van der Waals surface area contributed by atoms with Gasteiger partial charge in [-0.3, -0.25) is 0 Å². The highest BCUT2D eigenvalue weighted by Crippen LogP contribution is 2.24. The van der Waals surface area contributed by atoms with E-state index in [1.165, 1.54) is 0 Å². The van der Waals surface area contributed by atoms with Gasteiger partial charge in [0.2, 0.25) is 0 Å². The fourth-order valence-electron chi connectivity index (χ4n) is 2.22. The van der Waals surface area contributed by atoms with E-state index in [0.29, 0.717) is 19.8 Å². The summed E-state index contributed by atoms with van der Waals surface area (Å²) in [7, 11) is 0. The molecule has 0 fully saturated rings. The second-order valence-electron chi connectivity index (χ2n) is 5.46. The van der Waals surface area contributed by atoms with E-state index in [-0.39, 0.29) is 6.61 Å². The smallest absolute Gasteiger partial charge is 0.330 e. The zero-order chi connectivity index (χ0) is 19.3. The van der Waals surface area contributed by atoms with Gasteiger partial charge >= 0.3 is 5.97 Å². The average molecular weight is 368 g/mol. The van der Waals surface area contributed by atoms with Crippen LogP contribution in [0.1, 0.15) is 6.92 Å². The van der Waals surface area contributed by atoms with Crippen molar-refractivity contribution in [2.45, 2.75) is 6.92 Å². The number of carbonyl (C=O) groups is 1. The number of allylic oxidation sites excluding steroid dienone is 1. The molecule has 5 nitrogen and oxygen atoms in total. The Morgan fingerprint density at radius 2 is 1.37 bits per heavy atom. The molecule has 2 rings (SSSR count). The van der Waals surface area contributed by atoms with Crippen molar-refractivity contribution < 1.29 is 23.7 Å². The summed E-state index contributed by atoms with van der Waals surface area (Å²) in [5.74, 6) is 1.07. The summed E-state index contributed by atoms with van der Waals surface area (Å²) >= 11 is 0. The molecule has 0 saturated carbocycles. The Balaban J connectivity index is 1.80. The van der Waals surface area contributed by atoms with Gasteiger partial charge in [-0.2, -0.15) is 0 Å². The van der Waals surface area contributed by atoms with Crippen molar-refractivity contribution in [3.63, 3.8) is 0 Å². The molecule has 0 aromatic heterocycles. The normalized spacial score (nSPS) is 10.4. The van der Waals surface area contributed by atoms with Crippen LogP contribution >= 0.6 is 0 Å². The lowest BCUT2D eigenvalue weighted by Gasteiger charge is -2.09. The van der Waals surface area contributed by atoms with E-state index >= 15 is 0 Å². The van der Waals surface area contributed by atoms with Crippen LogP contribution in [0.4, 0.5) is 0 Å². The first-order chi connectivity index (χ1) is 13.2. The second kappa shape index (κ2) is 11.4. The Kier molecular flexibility index (Phi) is 8.50. The van der Waals surface area contributed by atoms with Crippen LogP contribution in [0.15, 0.2) is 73.5 Å². The van der Waals surface area contributed by atoms with Crippen molar-refractivity contribution in [1.29, 1.82) is 0 Å². The lowest BCUT2D eigenvalue weighted by atomic mass is 10.1. The summed E-state index contributed by atoms with van der Waals surface area (Å²) in [4.78, 5) is 10.9. The molecule has 0 atom stereocenters. The van der Waals surface area contributed by atoms with Crippen LogP contribution < -0.4 is 9.47 Å². The first-order valence-electron chi connectivity index (χ1n) is 8.71. The first-order valence-corrected chi connectivity index (χ1v) is 8.71. The zero-order valence-corrected chi connectivity index (χ0v) is 15.4. The van der Waals surface area contributed by atoms with Gasteiger partial charge in [0.25, 0.3) is 0 Å². The van der Waals surface area contributed by atoms with Crippen LogP contribution in [0.2, 0.25) is 0 Å². The van der Waals surface area contributed by atoms with Gasteiger partial charge in [-0.15, -0.1) is 0 Å². The maximum atomic E-state index is 10.9. The molecular weight excluding hydrogens is 344 g/mol. The van der Waals surface area contributed by atoms with Crippen molar-refractivity contribution >= 4 is 5.97 Å². The molecular formula is C22H24O5. The van der Waals surface area contributed by atoms with Gasteiger partial charge in [-0.25, -0.2) is 4.79 Å². The van der Waals surface area contributed by atoms with Gasteiger partial charge in [0.1, 0.15) is 37.9 Å². The predicted molar refractivity (Wildman–Crippen MR) is 105 cm³/mol. The van der Waals surface area contributed by atoms with Gasteiger partial charge in [-0.05, 0) is 42.3 Å². The van der Waals surface area contributed by atoms with Crippen LogP contribution in [0.5, 0.6) is 11.5 Å². The van der Waals surface area contributed by atoms with E-state index in [1.54, 1.807) is 6.26 Å². The summed E-state index contributed by atoms with van der Waals surface area (Å²) in [6, 6.07) is 15.6. The van der Waals surface area contributed by atoms with Gasteiger partial charge in [-0.1, -0.05) is 36.9 Å². The average Bonchev–Trinajstić information content (AvgIpc) is 2.72. The predicted octanol–water partition coefficient (Wildman–Crippen LogP) is 4.39. The lowest BCUT2D eigenvalue weighted by Crippen LogP contribution is -2.10. The summed E-state index contributed by atoms with van der Waals surface area (Å²) in [5.41, 5.74) is 2.15. The third kappa shape index (κ3) is 7.28. The fourth-order valence-corrected chi connectivity index (χ4v) is 2.22. The molecule has 0 aliphatic heterocycles. The van der Waals surface area contributed by atoms with Crippen LogP contribution in [-0.4, -0.2) is 32.4 Å². The molecule has 0 amide bonds. The number of hydrogen-bond acceptors (Lipinski definition) is 5. The maximum Gasteiger partial charge on any atom is 0.330 e. The third-order valence-corrected chi connectivity index (χ3v) is 3.51. The van der Waals surface area contributed by atoms with Crippen molar-refractivity contribution in [2.75, 3.05) is 26.4 Å². The van der Waals surface area contributed by atoms with E-state index in [2.05, 4.69) is 6.58 Å². The van der Waals surface area contributed by atoms with E-state index in [0.717, 1.165) is 28.7 Å². The number of carbonyl (C=O) groups excluding carboxylic acids is 1. The highest BCUT2D eigenvalue weighted by atomic mass is 16.6. The quantitative estimate of drug-likeness (QED) is 0.255. The van der Waals surface area contributed by atoms with Crippen molar-refractivity contribution in [3.05, 3.63) is 73.5 Å². The highest BCUT2D eigenvalue weighted by Gasteiger charge is 2.01. The molecule has 0 aliphatic rings. The molecule has 0 saturated heterocycles. The minimum absolute atomic E-state index is 0.188. The van der Waals surface area contributed by atoms with E-state index in [9.17, 15) is 4.79 Å². The summed E-state index contributed by atoms with van der Waals surface area (Å²) in [5, 5.41) is 0. The number of hydrogen-bond donors (Lipinski definition) is 0. The van der Waals surface area contributed by atoms with Crippen molar-refractivity contribution in [3.8, 4) is 22.6 Å². The monoisotopic (exact) mass is 368 g/mol. The first kappa shape index (κ1) is 20.1. The molecule has 2 aromatic rings. The van der Waals surface area contributed by atoms with Gasteiger partial charge < -0.3 is 18.9 Å². The minimum Gasteiger partial charge on any atom is -0.498 e. The highest BCUT2D eigenvalue weighted by molar-refractivity contribution is 5.81. The van der Waals surface area contributed by atoms with Crippen LogP contribution in [0, 0.1) is 0 Å². The molecule has 0 spiro atoms. The lowest BCUT2D eigenvalue weighted by molar-refractivity contribution is -0.138. The van der Waals surface area contributed by atoms with Crippen molar-refractivity contribution in [1.82, 2.24) is 0 Å². The van der Waals surface area contributed by atoms with E-state index in [1.807, 2.05) is 61.5 Å². The van der Waals surface area contributed by atoms with Crippen LogP contribution in [-0.2, 0) is 14.3 Å². The largest absolute Gasteiger partial charge is 0.498 e. The molecule has 0 unspecified atom stereocenters. The molecule has 5 heteroatoms. The Bertz CT molecular complexity index is 732. The topological polar surface area (TPSA) is 54.0 Å². The Labute approximate surface area is 159 Å². The van der Waals surface area contributed by atoms with E-state index < -0.39 is 5.97 Å². The fraction of sp³-hybridized carbons (Fsp3) is 0.227. The summed E-state index contributed by atoms with van der Waals surface area (Å²) in [6.07, 6.45) is 4.61. The zero-order valence-electron chi connectivity index (χ0n) is 15.4. The molecule has 0 aliphatic carbocycles. The third-order valence-electron chi connectivity index (χ3n) is 3.51. The molecule has 0 radical (unpaired) electrons. The molecule has 0 N–H and O–H groups in total. The maximum absolute atomic E-state index is 10.9. The molecule has 27 heavy (non-hydrogen) atoms. The number of rotatable bonds is 11. The Morgan fingerprint density at radius 3 is 1.85 bits per heavy atom. The summed E-state index contributed by atoms with van der Waals surface area (Å²) < 4.78 is 21.2.